The average molecular weight is 252 g/mol. The summed E-state index contributed by atoms with van der Waals surface area (Å²) in [6, 6.07) is 3.79. The number of hydrogen-bond acceptors (Lipinski definition) is 4. The SMILES string of the molecule is CCCCCCCOC(=O)c1cc(O)ccc1O. The van der Waals surface area contributed by atoms with Crippen molar-refractivity contribution in [3.63, 3.8) is 0 Å². The smallest absolute Gasteiger partial charge is 0.342 e. The summed E-state index contributed by atoms with van der Waals surface area (Å²) in [6.45, 7) is 2.49. The lowest BCUT2D eigenvalue weighted by Crippen LogP contribution is -2.06. The molecule has 0 aromatic heterocycles. The van der Waals surface area contributed by atoms with Gasteiger partial charge in [0.15, 0.2) is 0 Å². The number of esters is 1. The van der Waals surface area contributed by atoms with Crippen molar-refractivity contribution in [3.05, 3.63) is 23.8 Å². The maximum absolute atomic E-state index is 11.6. The molecule has 4 nitrogen and oxygen atoms in total. The lowest BCUT2D eigenvalue weighted by atomic mass is 10.1. The molecule has 0 aliphatic rings. The van der Waals surface area contributed by atoms with Gasteiger partial charge in [0.1, 0.15) is 17.1 Å². The van der Waals surface area contributed by atoms with E-state index < -0.39 is 5.97 Å². The average Bonchev–Trinajstić information content (AvgIpc) is 2.36. The zero-order valence-electron chi connectivity index (χ0n) is 10.7. The van der Waals surface area contributed by atoms with Gasteiger partial charge in [0.05, 0.1) is 6.61 Å². The normalized spacial score (nSPS) is 10.3. The van der Waals surface area contributed by atoms with Crippen LogP contribution in [0.2, 0.25) is 0 Å². The van der Waals surface area contributed by atoms with Gasteiger partial charge < -0.3 is 14.9 Å². The minimum Gasteiger partial charge on any atom is -0.508 e. The van der Waals surface area contributed by atoms with Crippen LogP contribution in [-0.4, -0.2) is 22.8 Å². The van der Waals surface area contributed by atoms with Crippen LogP contribution >= 0.6 is 0 Å². The van der Waals surface area contributed by atoms with Crippen LogP contribution in [-0.2, 0) is 4.74 Å². The number of phenols is 2. The van der Waals surface area contributed by atoms with Gasteiger partial charge in [-0.1, -0.05) is 32.6 Å². The van der Waals surface area contributed by atoms with Gasteiger partial charge in [0.25, 0.3) is 0 Å². The number of phenolic OH excluding ortho intramolecular Hbond substituents is 2. The maximum atomic E-state index is 11.6. The van der Waals surface area contributed by atoms with Crippen LogP contribution in [0.25, 0.3) is 0 Å². The van der Waals surface area contributed by atoms with Gasteiger partial charge in [-0.15, -0.1) is 0 Å². The number of hydrogen-bond donors (Lipinski definition) is 2. The molecular formula is C14H20O4. The quantitative estimate of drug-likeness (QED) is 0.444. The highest BCUT2D eigenvalue weighted by molar-refractivity contribution is 5.92. The number of carbonyl (C=O) groups excluding carboxylic acids is 1. The predicted molar refractivity (Wildman–Crippen MR) is 68.8 cm³/mol. The van der Waals surface area contributed by atoms with Crippen LogP contribution in [0, 0.1) is 0 Å². The molecule has 0 atom stereocenters. The predicted octanol–water partition coefficient (Wildman–Crippen LogP) is 3.23. The van der Waals surface area contributed by atoms with Gasteiger partial charge in [-0.3, -0.25) is 0 Å². The topological polar surface area (TPSA) is 66.8 Å². The molecule has 1 aromatic rings. The molecule has 2 N–H and O–H groups in total. The molecule has 0 fully saturated rings. The molecule has 1 aromatic carbocycles. The fraction of sp³-hybridized carbons (Fsp3) is 0.500. The van der Waals surface area contributed by atoms with E-state index in [0.29, 0.717) is 6.61 Å². The number of benzene rings is 1. The fourth-order valence-electron chi connectivity index (χ4n) is 1.64. The van der Waals surface area contributed by atoms with Crippen molar-refractivity contribution in [3.8, 4) is 11.5 Å². The third-order valence-corrected chi connectivity index (χ3v) is 2.68. The first kappa shape index (κ1) is 14.4. The van der Waals surface area contributed by atoms with Crippen LogP contribution < -0.4 is 0 Å². The minimum atomic E-state index is -0.598. The Morgan fingerprint density at radius 2 is 1.89 bits per heavy atom. The molecule has 0 heterocycles. The molecule has 0 amide bonds. The van der Waals surface area contributed by atoms with Crippen LogP contribution in [0.15, 0.2) is 18.2 Å². The Bertz CT molecular complexity index is 387. The van der Waals surface area contributed by atoms with Gasteiger partial charge in [-0.2, -0.15) is 0 Å². The molecule has 0 saturated heterocycles. The van der Waals surface area contributed by atoms with Crippen molar-refractivity contribution >= 4 is 5.97 Å². The van der Waals surface area contributed by atoms with E-state index in [9.17, 15) is 15.0 Å². The summed E-state index contributed by atoms with van der Waals surface area (Å²) in [5.74, 6) is -0.842. The summed E-state index contributed by atoms with van der Waals surface area (Å²) in [4.78, 5) is 11.6. The van der Waals surface area contributed by atoms with E-state index in [4.69, 9.17) is 4.74 Å². The second kappa shape index (κ2) is 7.58. The van der Waals surface area contributed by atoms with Crippen molar-refractivity contribution in [2.24, 2.45) is 0 Å². The second-order valence-corrected chi connectivity index (χ2v) is 4.25. The molecule has 18 heavy (non-hydrogen) atoms. The Morgan fingerprint density at radius 1 is 1.17 bits per heavy atom. The van der Waals surface area contributed by atoms with Crippen LogP contribution in [0.3, 0.4) is 0 Å². The number of rotatable bonds is 7. The van der Waals surface area contributed by atoms with E-state index in [0.717, 1.165) is 19.3 Å². The van der Waals surface area contributed by atoms with E-state index in [1.165, 1.54) is 31.0 Å². The summed E-state index contributed by atoms with van der Waals surface area (Å²) < 4.78 is 5.03. The lowest BCUT2D eigenvalue weighted by molar-refractivity contribution is 0.0494. The minimum absolute atomic E-state index is 0.00329. The molecule has 4 heteroatoms. The second-order valence-electron chi connectivity index (χ2n) is 4.25. The largest absolute Gasteiger partial charge is 0.508 e. The van der Waals surface area contributed by atoms with Gasteiger partial charge in [0, 0.05) is 0 Å². The fourth-order valence-corrected chi connectivity index (χ4v) is 1.64. The van der Waals surface area contributed by atoms with E-state index >= 15 is 0 Å². The van der Waals surface area contributed by atoms with Crippen molar-refractivity contribution in [1.82, 2.24) is 0 Å². The Kier molecular flexibility index (Phi) is 6.05. The third-order valence-electron chi connectivity index (χ3n) is 2.68. The van der Waals surface area contributed by atoms with Crippen LogP contribution in [0.5, 0.6) is 11.5 Å². The van der Waals surface area contributed by atoms with Crippen LogP contribution in [0.1, 0.15) is 49.4 Å². The zero-order valence-corrected chi connectivity index (χ0v) is 10.7. The van der Waals surface area contributed by atoms with Gasteiger partial charge in [-0.25, -0.2) is 4.79 Å². The Labute approximate surface area is 107 Å². The molecule has 0 aliphatic carbocycles. The summed E-state index contributed by atoms with van der Waals surface area (Å²) in [7, 11) is 0. The highest BCUT2D eigenvalue weighted by atomic mass is 16.5. The standard InChI is InChI=1S/C14H20O4/c1-2-3-4-5-6-9-18-14(17)12-10-11(15)7-8-13(12)16/h7-8,10,15-16H,2-6,9H2,1H3. The molecule has 0 unspecified atom stereocenters. The first-order valence-electron chi connectivity index (χ1n) is 6.34. The van der Waals surface area contributed by atoms with Crippen molar-refractivity contribution in [1.29, 1.82) is 0 Å². The van der Waals surface area contributed by atoms with Crippen molar-refractivity contribution in [2.75, 3.05) is 6.61 Å². The van der Waals surface area contributed by atoms with Crippen molar-refractivity contribution < 1.29 is 19.7 Å². The molecule has 0 saturated carbocycles. The lowest BCUT2D eigenvalue weighted by Gasteiger charge is -2.06. The Balaban J connectivity index is 2.34. The summed E-state index contributed by atoms with van der Waals surface area (Å²) in [6.07, 6.45) is 5.38. The van der Waals surface area contributed by atoms with E-state index in [1.807, 2.05) is 0 Å². The maximum Gasteiger partial charge on any atom is 0.342 e. The summed E-state index contributed by atoms with van der Waals surface area (Å²) >= 11 is 0. The zero-order chi connectivity index (χ0) is 13.4. The van der Waals surface area contributed by atoms with Crippen molar-refractivity contribution in [2.45, 2.75) is 39.0 Å². The van der Waals surface area contributed by atoms with Gasteiger partial charge in [-0.05, 0) is 24.6 Å². The first-order valence-corrected chi connectivity index (χ1v) is 6.34. The molecule has 1 rings (SSSR count). The van der Waals surface area contributed by atoms with E-state index in [2.05, 4.69) is 6.92 Å². The molecule has 0 bridgehead atoms. The molecule has 0 radical (unpaired) electrons. The van der Waals surface area contributed by atoms with Gasteiger partial charge in [0.2, 0.25) is 0 Å². The van der Waals surface area contributed by atoms with Crippen LogP contribution in [0.4, 0.5) is 0 Å². The number of unbranched alkanes of at least 4 members (excludes halogenated alkanes) is 4. The first-order chi connectivity index (χ1) is 8.65. The number of aromatic hydroxyl groups is 2. The van der Waals surface area contributed by atoms with E-state index in [-0.39, 0.29) is 17.1 Å². The highest BCUT2D eigenvalue weighted by Crippen LogP contribution is 2.22. The molecular weight excluding hydrogens is 232 g/mol. The Morgan fingerprint density at radius 3 is 2.61 bits per heavy atom. The third kappa shape index (κ3) is 4.65. The van der Waals surface area contributed by atoms with Gasteiger partial charge >= 0.3 is 5.97 Å². The van der Waals surface area contributed by atoms with E-state index in [1.54, 1.807) is 0 Å². The monoisotopic (exact) mass is 252 g/mol. The number of carbonyl (C=O) groups is 1. The molecule has 0 spiro atoms. The molecule has 100 valence electrons. The number of ether oxygens (including phenoxy) is 1. The summed E-state index contributed by atoms with van der Waals surface area (Å²) in [5, 5.41) is 18.7. The molecule has 0 aliphatic heterocycles. The summed E-state index contributed by atoms with van der Waals surface area (Å²) in [5.41, 5.74) is 0.00329. The highest BCUT2D eigenvalue weighted by Gasteiger charge is 2.13. The Hall–Kier alpha value is -1.71.